The lowest BCUT2D eigenvalue weighted by atomic mass is 9.87. The standard InChI is InChI=1S/C22H32N2O2/c1-17-7-9-18(10-8-17)13-14-23-22(26)20-11-12-21(25)24(16-20)15-19-5-3-2-4-6-19/h7-10,19-20H,2-6,11-16H2,1H3,(H,23,26)/t20-/m0/s1. The number of nitrogens with one attached hydrogen (secondary N) is 1. The van der Waals surface area contributed by atoms with Gasteiger partial charge in [0.2, 0.25) is 11.8 Å². The lowest BCUT2D eigenvalue weighted by Gasteiger charge is -2.35. The van der Waals surface area contributed by atoms with E-state index in [-0.39, 0.29) is 17.7 Å². The zero-order valence-corrected chi connectivity index (χ0v) is 16.0. The van der Waals surface area contributed by atoms with Gasteiger partial charge in [-0.3, -0.25) is 9.59 Å². The van der Waals surface area contributed by atoms with Crippen LogP contribution >= 0.6 is 0 Å². The van der Waals surface area contributed by atoms with Crippen molar-refractivity contribution in [3.63, 3.8) is 0 Å². The minimum absolute atomic E-state index is 0.0469. The number of piperidine rings is 1. The summed E-state index contributed by atoms with van der Waals surface area (Å²) in [6, 6.07) is 8.44. The van der Waals surface area contributed by atoms with Gasteiger partial charge in [-0.05, 0) is 44.1 Å². The Morgan fingerprint density at radius 3 is 2.58 bits per heavy atom. The summed E-state index contributed by atoms with van der Waals surface area (Å²) in [5.41, 5.74) is 2.50. The van der Waals surface area contributed by atoms with E-state index in [0.717, 1.165) is 13.0 Å². The second-order valence-electron chi connectivity index (χ2n) is 8.06. The van der Waals surface area contributed by atoms with Crippen molar-refractivity contribution in [3.05, 3.63) is 35.4 Å². The van der Waals surface area contributed by atoms with E-state index in [2.05, 4.69) is 36.5 Å². The Hall–Kier alpha value is -1.84. The maximum atomic E-state index is 12.5. The molecule has 2 amide bonds. The third-order valence-electron chi connectivity index (χ3n) is 5.91. The van der Waals surface area contributed by atoms with Crippen LogP contribution in [0.2, 0.25) is 0 Å². The lowest BCUT2D eigenvalue weighted by molar-refractivity contribution is -0.139. The zero-order valence-electron chi connectivity index (χ0n) is 16.0. The third kappa shape index (κ3) is 5.33. The highest BCUT2D eigenvalue weighted by molar-refractivity contribution is 5.83. The van der Waals surface area contributed by atoms with Gasteiger partial charge in [-0.1, -0.05) is 49.1 Å². The summed E-state index contributed by atoms with van der Waals surface area (Å²) in [5, 5.41) is 3.08. The molecule has 2 fully saturated rings. The SMILES string of the molecule is Cc1ccc(CCNC(=O)[C@H]2CCC(=O)N(CC3CCCCC3)C2)cc1. The monoisotopic (exact) mass is 356 g/mol. The van der Waals surface area contributed by atoms with Crippen LogP contribution in [0.15, 0.2) is 24.3 Å². The molecule has 0 aromatic heterocycles. The number of likely N-dealkylation sites (tertiary alicyclic amines) is 1. The maximum absolute atomic E-state index is 12.5. The third-order valence-corrected chi connectivity index (χ3v) is 5.91. The number of hydrogen-bond donors (Lipinski definition) is 1. The van der Waals surface area contributed by atoms with Crippen LogP contribution in [0, 0.1) is 18.8 Å². The molecule has 2 aliphatic rings. The minimum Gasteiger partial charge on any atom is -0.355 e. The number of carbonyl (C=O) groups is 2. The molecule has 1 saturated carbocycles. The van der Waals surface area contributed by atoms with Crippen molar-refractivity contribution in [1.82, 2.24) is 10.2 Å². The van der Waals surface area contributed by atoms with Crippen LogP contribution in [0.3, 0.4) is 0 Å². The predicted octanol–water partition coefficient (Wildman–Crippen LogP) is 3.47. The first-order valence-electron chi connectivity index (χ1n) is 10.2. The zero-order chi connectivity index (χ0) is 18.4. The predicted molar refractivity (Wildman–Crippen MR) is 104 cm³/mol. The topological polar surface area (TPSA) is 49.4 Å². The molecule has 0 radical (unpaired) electrons. The average Bonchev–Trinajstić information content (AvgIpc) is 2.66. The highest BCUT2D eigenvalue weighted by Gasteiger charge is 2.31. The fourth-order valence-electron chi connectivity index (χ4n) is 4.22. The van der Waals surface area contributed by atoms with Crippen LogP contribution in [0.5, 0.6) is 0 Å². The van der Waals surface area contributed by atoms with Crippen molar-refractivity contribution >= 4 is 11.8 Å². The molecule has 1 aliphatic heterocycles. The summed E-state index contributed by atoms with van der Waals surface area (Å²) in [5.74, 6) is 0.933. The van der Waals surface area contributed by atoms with Crippen molar-refractivity contribution in [2.45, 2.75) is 58.3 Å². The molecule has 0 bridgehead atoms. The van der Waals surface area contributed by atoms with Crippen molar-refractivity contribution in [3.8, 4) is 0 Å². The second kappa shape index (κ2) is 9.20. The highest BCUT2D eigenvalue weighted by Crippen LogP contribution is 2.27. The molecule has 1 N–H and O–H groups in total. The summed E-state index contributed by atoms with van der Waals surface area (Å²) >= 11 is 0. The van der Waals surface area contributed by atoms with E-state index in [0.29, 0.717) is 31.8 Å². The molecule has 4 nitrogen and oxygen atoms in total. The number of hydrogen-bond acceptors (Lipinski definition) is 2. The number of amides is 2. The van der Waals surface area contributed by atoms with E-state index < -0.39 is 0 Å². The number of rotatable bonds is 6. The number of nitrogens with zero attached hydrogens (tertiary/aromatic N) is 1. The average molecular weight is 357 g/mol. The summed E-state index contributed by atoms with van der Waals surface area (Å²) in [6.45, 7) is 4.20. The van der Waals surface area contributed by atoms with E-state index in [1.807, 2.05) is 4.90 Å². The van der Waals surface area contributed by atoms with E-state index in [4.69, 9.17) is 0 Å². The Kier molecular flexibility index (Phi) is 6.70. The van der Waals surface area contributed by atoms with Crippen LogP contribution in [0.4, 0.5) is 0 Å². The number of carbonyl (C=O) groups excluding carboxylic acids is 2. The molecule has 0 unspecified atom stereocenters. The quantitative estimate of drug-likeness (QED) is 0.848. The summed E-state index contributed by atoms with van der Waals surface area (Å²) < 4.78 is 0. The summed E-state index contributed by atoms with van der Waals surface area (Å²) in [6.07, 6.45) is 8.43. The van der Waals surface area contributed by atoms with Crippen LogP contribution in [-0.4, -0.2) is 36.3 Å². The van der Waals surface area contributed by atoms with Crippen molar-refractivity contribution in [2.75, 3.05) is 19.6 Å². The molecular formula is C22H32N2O2. The Morgan fingerprint density at radius 1 is 1.12 bits per heavy atom. The van der Waals surface area contributed by atoms with Gasteiger partial charge in [0, 0.05) is 26.1 Å². The van der Waals surface area contributed by atoms with Crippen molar-refractivity contribution in [2.24, 2.45) is 11.8 Å². The van der Waals surface area contributed by atoms with Gasteiger partial charge in [0.05, 0.1) is 5.92 Å². The molecule has 142 valence electrons. The summed E-state index contributed by atoms with van der Waals surface area (Å²) in [4.78, 5) is 26.8. The van der Waals surface area contributed by atoms with Gasteiger partial charge in [0.15, 0.2) is 0 Å². The molecule has 4 heteroatoms. The highest BCUT2D eigenvalue weighted by atomic mass is 16.2. The minimum atomic E-state index is -0.0469. The van der Waals surface area contributed by atoms with Gasteiger partial charge in [-0.25, -0.2) is 0 Å². The molecule has 1 heterocycles. The van der Waals surface area contributed by atoms with Gasteiger partial charge in [0.1, 0.15) is 0 Å². The molecule has 0 spiro atoms. The summed E-state index contributed by atoms with van der Waals surface area (Å²) in [7, 11) is 0. The second-order valence-corrected chi connectivity index (χ2v) is 8.06. The van der Waals surface area contributed by atoms with E-state index in [1.54, 1.807) is 0 Å². The van der Waals surface area contributed by atoms with Crippen molar-refractivity contribution in [1.29, 1.82) is 0 Å². The first-order valence-corrected chi connectivity index (χ1v) is 10.2. The Balaban J connectivity index is 1.44. The van der Waals surface area contributed by atoms with E-state index in [9.17, 15) is 9.59 Å². The molecule has 1 aromatic carbocycles. The number of benzene rings is 1. The molecule has 1 aromatic rings. The van der Waals surface area contributed by atoms with Gasteiger partial charge < -0.3 is 10.2 Å². The smallest absolute Gasteiger partial charge is 0.224 e. The molecule has 1 atom stereocenters. The first kappa shape index (κ1) is 18.9. The Morgan fingerprint density at radius 2 is 1.85 bits per heavy atom. The molecule has 26 heavy (non-hydrogen) atoms. The molecule has 1 saturated heterocycles. The molecule has 3 rings (SSSR count). The van der Waals surface area contributed by atoms with Crippen LogP contribution < -0.4 is 5.32 Å². The van der Waals surface area contributed by atoms with Crippen LogP contribution in [-0.2, 0) is 16.0 Å². The molecule has 1 aliphatic carbocycles. The Bertz CT molecular complexity index is 605. The van der Waals surface area contributed by atoms with Gasteiger partial charge in [0.25, 0.3) is 0 Å². The van der Waals surface area contributed by atoms with Crippen LogP contribution in [0.1, 0.15) is 56.1 Å². The number of aryl methyl sites for hydroxylation is 1. The fraction of sp³-hybridized carbons (Fsp3) is 0.636. The van der Waals surface area contributed by atoms with Gasteiger partial charge in [-0.2, -0.15) is 0 Å². The van der Waals surface area contributed by atoms with Gasteiger partial charge >= 0.3 is 0 Å². The lowest BCUT2D eigenvalue weighted by Crippen LogP contribution is -2.47. The van der Waals surface area contributed by atoms with Crippen molar-refractivity contribution < 1.29 is 9.59 Å². The first-order chi connectivity index (χ1) is 12.6. The fourth-order valence-corrected chi connectivity index (χ4v) is 4.22. The van der Waals surface area contributed by atoms with E-state index >= 15 is 0 Å². The maximum Gasteiger partial charge on any atom is 0.224 e. The van der Waals surface area contributed by atoms with E-state index in [1.165, 1.54) is 43.2 Å². The normalized spacial score (nSPS) is 21.7. The van der Waals surface area contributed by atoms with Gasteiger partial charge in [-0.15, -0.1) is 0 Å². The molecular weight excluding hydrogens is 324 g/mol. The Labute approximate surface area is 157 Å². The van der Waals surface area contributed by atoms with Crippen LogP contribution in [0.25, 0.3) is 0 Å². The largest absolute Gasteiger partial charge is 0.355 e.